The second kappa shape index (κ2) is 8.19. The maximum atomic E-state index is 12.2. The maximum absolute atomic E-state index is 12.2. The number of hydrogen-bond acceptors (Lipinski definition) is 4. The molecule has 0 spiro atoms. The number of ether oxygens (including phenoxy) is 1. The first-order valence-corrected chi connectivity index (χ1v) is 8.90. The lowest BCUT2D eigenvalue weighted by Gasteiger charge is -2.34. The molecule has 2 atom stereocenters. The molecule has 6 heteroatoms. The molecule has 1 fully saturated rings. The molecule has 1 saturated heterocycles. The normalized spacial score (nSPS) is 25.6. The third-order valence-electron chi connectivity index (χ3n) is 3.21. The predicted octanol–water partition coefficient (Wildman–Crippen LogP) is 1.21. The van der Waals surface area contributed by atoms with Crippen LogP contribution in [0.15, 0.2) is 0 Å². The molecule has 0 radical (unpaired) electrons. The molecule has 114 valence electrons. The minimum absolute atomic E-state index is 0.00949. The topological polar surface area (TPSA) is 58.6 Å². The van der Waals surface area contributed by atoms with E-state index in [0.717, 1.165) is 32.4 Å². The molecule has 0 aromatic heterocycles. The summed E-state index contributed by atoms with van der Waals surface area (Å²) in [6.45, 7) is 8.85. The summed E-state index contributed by atoms with van der Waals surface area (Å²) >= 11 is 0. The van der Waals surface area contributed by atoms with Crippen molar-refractivity contribution in [2.24, 2.45) is 0 Å². The minimum Gasteiger partial charge on any atom is -0.373 e. The zero-order valence-corrected chi connectivity index (χ0v) is 13.2. The van der Waals surface area contributed by atoms with Gasteiger partial charge in [0.15, 0.2) is 0 Å². The third-order valence-corrected chi connectivity index (χ3v) is 5.10. The molecule has 0 aromatic carbocycles. The van der Waals surface area contributed by atoms with Gasteiger partial charge in [0.2, 0.25) is 10.0 Å². The SMILES string of the molecule is CCCNCCCCS(=O)(=O)N1CC(C)OC(C)C1. The van der Waals surface area contributed by atoms with Crippen LogP contribution in [0.2, 0.25) is 0 Å². The summed E-state index contributed by atoms with van der Waals surface area (Å²) in [7, 11) is -3.12. The summed E-state index contributed by atoms with van der Waals surface area (Å²) in [6, 6.07) is 0. The van der Waals surface area contributed by atoms with E-state index < -0.39 is 10.0 Å². The van der Waals surface area contributed by atoms with E-state index in [-0.39, 0.29) is 18.0 Å². The fourth-order valence-electron chi connectivity index (χ4n) is 2.32. The Bertz CT molecular complexity index is 336. The van der Waals surface area contributed by atoms with Crippen molar-refractivity contribution in [2.75, 3.05) is 31.9 Å². The lowest BCUT2D eigenvalue weighted by Crippen LogP contribution is -2.48. The van der Waals surface area contributed by atoms with Crippen LogP contribution in [0.25, 0.3) is 0 Å². The van der Waals surface area contributed by atoms with Gasteiger partial charge < -0.3 is 10.1 Å². The van der Waals surface area contributed by atoms with Crippen molar-refractivity contribution in [3.05, 3.63) is 0 Å². The van der Waals surface area contributed by atoms with Gasteiger partial charge in [-0.2, -0.15) is 4.31 Å². The molecular formula is C13H28N2O3S. The molecule has 0 amide bonds. The molecule has 19 heavy (non-hydrogen) atoms. The summed E-state index contributed by atoms with van der Waals surface area (Å²) < 4.78 is 31.6. The molecule has 1 heterocycles. The van der Waals surface area contributed by atoms with Crippen LogP contribution in [0.3, 0.4) is 0 Å². The molecule has 2 unspecified atom stereocenters. The van der Waals surface area contributed by atoms with Crippen molar-refractivity contribution in [1.29, 1.82) is 0 Å². The molecule has 0 aliphatic carbocycles. The van der Waals surface area contributed by atoms with E-state index in [1.165, 1.54) is 0 Å². The largest absolute Gasteiger partial charge is 0.373 e. The van der Waals surface area contributed by atoms with Gasteiger partial charge in [0, 0.05) is 13.1 Å². The van der Waals surface area contributed by atoms with Crippen molar-refractivity contribution < 1.29 is 13.2 Å². The predicted molar refractivity (Wildman–Crippen MR) is 77.8 cm³/mol. The van der Waals surface area contributed by atoms with E-state index in [0.29, 0.717) is 13.1 Å². The zero-order chi connectivity index (χ0) is 14.3. The van der Waals surface area contributed by atoms with Crippen LogP contribution >= 0.6 is 0 Å². The van der Waals surface area contributed by atoms with Gasteiger partial charge in [-0.1, -0.05) is 6.92 Å². The van der Waals surface area contributed by atoms with E-state index in [9.17, 15) is 8.42 Å². The van der Waals surface area contributed by atoms with E-state index >= 15 is 0 Å². The first-order valence-electron chi connectivity index (χ1n) is 7.29. The van der Waals surface area contributed by atoms with Crippen molar-refractivity contribution in [3.63, 3.8) is 0 Å². The monoisotopic (exact) mass is 292 g/mol. The van der Waals surface area contributed by atoms with E-state index in [1.807, 2.05) is 13.8 Å². The van der Waals surface area contributed by atoms with Crippen molar-refractivity contribution in [3.8, 4) is 0 Å². The van der Waals surface area contributed by atoms with Gasteiger partial charge in [0.05, 0.1) is 18.0 Å². The molecule has 1 aliphatic heterocycles. The first-order chi connectivity index (χ1) is 8.95. The van der Waals surface area contributed by atoms with Gasteiger partial charge >= 0.3 is 0 Å². The highest BCUT2D eigenvalue weighted by Gasteiger charge is 2.30. The second-order valence-corrected chi connectivity index (χ2v) is 7.44. The molecule has 0 bridgehead atoms. The zero-order valence-electron chi connectivity index (χ0n) is 12.4. The number of unbranched alkanes of at least 4 members (excludes halogenated alkanes) is 1. The molecule has 1 rings (SSSR count). The van der Waals surface area contributed by atoms with Crippen LogP contribution in [0.1, 0.15) is 40.0 Å². The van der Waals surface area contributed by atoms with Crippen LogP contribution in [0, 0.1) is 0 Å². The molecule has 1 aliphatic rings. The van der Waals surface area contributed by atoms with E-state index in [1.54, 1.807) is 4.31 Å². The van der Waals surface area contributed by atoms with Gasteiger partial charge in [-0.25, -0.2) is 8.42 Å². The standard InChI is InChI=1S/C13H28N2O3S/c1-4-7-14-8-5-6-9-19(16,17)15-10-12(2)18-13(3)11-15/h12-14H,4-11H2,1-3H3. The van der Waals surface area contributed by atoms with Crippen LogP contribution in [-0.4, -0.2) is 56.9 Å². The Labute approximate surface area is 117 Å². The van der Waals surface area contributed by atoms with E-state index in [4.69, 9.17) is 4.74 Å². The minimum atomic E-state index is -3.12. The Morgan fingerprint density at radius 2 is 1.79 bits per heavy atom. The number of hydrogen-bond donors (Lipinski definition) is 1. The molecular weight excluding hydrogens is 264 g/mol. The molecule has 1 N–H and O–H groups in total. The number of nitrogens with zero attached hydrogens (tertiary/aromatic N) is 1. The highest BCUT2D eigenvalue weighted by atomic mass is 32.2. The Balaban J connectivity index is 2.30. The number of morpholine rings is 1. The number of sulfonamides is 1. The van der Waals surface area contributed by atoms with Crippen molar-refractivity contribution in [1.82, 2.24) is 9.62 Å². The van der Waals surface area contributed by atoms with Gasteiger partial charge in [0.1, 0.15) is 0 Å². The van der Waals surface area contributed by atoms with Crippen molar-refractivity contribution >= 4 is 10.0 Å². The average molecular weight is 292 g/mol. The smallest absolute Gasteiger partial charge is 0.214 e. The van der Waals surface area contributed by atoms with Gasteiger partial charge in [-0.15, -0.1) is 0 Å². The number of nitrogens with one attached hydrogen (secondary N) is 1. The summed E-state index contributed by atoms with van der Waals surface area (Å²) in [5.41, 5.74) is 0. The lowest BCUT2D eigenvalue weighted by atomic mass is 10.3. The Hall–Kier alpha value is -0.170. The van der Waals surface area contributed by atoms with E-state index in [2.05, 4.69) is 12.2 Å². The fraction of sp³-hybridized carbons (Fsp3) is 1.00. The summed E-state index contributed by atoms with van der Waals surface area (Å²) in [5, 5.41) is 3.29. The highest BCUT2D eigenvalue weighted by Crippen LogP contribution is 2.15. The summed E-state index contributed by atoms with van der Waals surface area (Å²) in [4.78, 5) is 0. The summed E-state index contributed by atoms with van der Waals surface area (Å²) in [5.74, 6) is 0.250. The second-order valence-electron chi connectivity index (χ2n) is 5.35. The Morgan fingerprint density at radius 1 is 1.16 bits per heavy atom. The van der Waals surface area contributed by atoms with Crippen LogP contribution in [0.4, 0.5) is 0 Å². The van der Waals surface area contributed by atoms with Crippen LogP contribution < -0.4 is 5.32 Å². The fourth-order valence-corrected chi connectivity index (χ4v) is 4.02. The number of rotatable bonds is 8. The van der Waals surface area contributed by atoms with Crippen LogP contribution in [0.5, 0.6) is 0 Å². The first kappa shape index (κ1) is 16.9. The van der Waals surface area contributed by atoms with Crippen molar-refractivity contribution in [2.45, 2.75) is 52.2 Å². The average Bonchev–Trinajstić information content (AvgIpc) is 2.32. The Morgan fingerprint density at radius 3 is 2.37 bits per heavy atom. The maximum Gasteiger partial charge on any atom is 0.214 e. The highest BCUT2D eigenvalue weighted by molar-refractivity contribution is 7.89. The Kier molecular flexibility index (Phi) is 7.28. The molecule has 0 saturated carbocycles. The van der Waals surface area contributed by atoms with Gasteiger partial charge in [-0.05, 0) is 46.2 Å². The van der Waals surface area contributed by atoms with Gasteiger partial charge in [-0.3, -0.25) is 0 Å². The molecule has 5 nitrogen and oxygen atoms in total. The van der Waals surface area contributed by atoms with Gasteiger partial charge in [0.25, 0.3) is 0 Å². The summed E-state index contributed by atoms with van der Waals surface area (Å²) in [6.07, 6.45) is 2.73. The quantitative estimate of drug-likeness (QED) is 0.683. The lowest BCUT2D eigenvalue weighted by molar-refractivity contribution is -0.0440. The third kappa shape index (κ3) is 6.21. The molecule has 0 aromatic rings. The van der Waals surface area contributed by atoms with Crippen LogP contribution in [-0.2, 0) is 14.8 Å².